The quantitative estimate of drug-likeness (QED) is 0.649. The second kappa shape index (κ2) is 9.75. The summed E-state index contributed by atoms with van der Waals surface area (Å²) >= 11 is 5.54. The van der Waals surface area contributed by atoms with E-state index in [-0.39, 0.29) is 0 Å². The third-order valence-electron chi connectivity index (χ3n) is 3.94. The number of halogens is 1. The fourth-order valence-corrected chi connectivity index (χ4v) is 3.30. The molecule has 0 fully saturated rings. The Morgan fingerprint density at radius 1 is 1.33 bits per heavy atom. The van der Waals surface area contributed by atoms with Crippen molar-refractivity contribution in [1.82, 2.24) is 5.32 Å². The first-order valence-electron chi connectivity index (χ1n) is 7.75. The second-order valence-corrected chi connectivity index (χ2v) is 7.52. The van der Waals surface area contributed by atoms with E-state index in [9.17, 15) is 0 Å². The van der Waals surface area contributed by atoms with Gasteiger partial charge < -0.3 is 10.2 Å². The third kappa shape index (κ3) is 5.84. The standard InChI is InChI=1S/C17H29BrN2S/c1-6-10-19-14(3)16-8-7-15(18)12-17(16)20(4)13(2)9-11-21-5/h7-8,12-14,19H,6,9-11H2,1-5H3. The van der Waals surface area contributed by atoms with Crippen LogP contribution in [0.1, 0.15) is 45.2 Å². The molecule has 0 radical (unpaired) electrons. The Morgan fingerprint density at radius 2 is 2.05 bits per heavy atom. The summed E-state index contributed by atoms with van der Waals surface area (Å²) in [4.78, 5) is 2.42. The maximum absolute atomic E-state index is 3.62. The Balaban J connectivity index is 2.94. The molecule has 0 aliphatic heterocycles. The van der Waals surface area contributed by atoms with E-state index in [4.69, 9.17) is 0 Å². The van der Waals surface area contributed by atoms with Crippen molar-refractivity contribution in [2.45, 2.75) is 45.7 Å². The number of nitrogens with zero attached hydrogens (tertiary/aromatic N) is 1. The number of hydrogen-bond acceptors (Lipinski definition) is 3. The van der Waals surface area contributed by atoms with Gasteiger partial charge in [0.1, 0.15) is 0 Å². The summed E-state index contributed by atoms with van der Waals surface area (Å²) in [6.45, 7) is 7.83. The minimum atomic E-state index is 0.378. The van der Waals surface area contributed by atoms with Crippen LogP contribution in [-0.4, -0.2) is 31.6 Å². The van der Waals surface area contributed by atoms with E-state index in [1.165, 1.54) is 23.4 Å². The molecule has 1 rings (SSSR count). The van der Waals surface area contributed by atoms with Gasteiger partial charge in [-0.15, -0.1) is 0 Å². The van der Waals surface area contributed by atoms with E-state index >= 15 is 0 Å². The van der Waals surface area contributed by atoms with Gasteiger partial charge in [-0.2, -0.15) is 11.8 Å². The molecule has 0 saturated carbocycles. The molecule has 0 aromatic heterocycles. The van der Waals surface area contributed by atoms with Gasteiger partial charge in [0.2, 0.25) is 0 Å². The molecule has 1 aromatic rings. The molecule has 1 aromatic carbocycles. The molecule has 21 heavy (non-hydrogen) atoms. The average Bonchev–Trinajstić information content (AvgIpc) is 2.49. The zero-order valence-corrected chi connectivity index (χ0v) is 16.4. The number of thioether (sulfide) groups is 1. The molecule has 0 aliphatic carbocycles. The van der Waals surface area contributed by atoms with Crippen molar-refractivity contribution in [2.24, 2.45) is 0 Å². The predicted octanol–water partition coefficient (Wildman–Crippen LogP) is 5.09. The van der Waals surface area contributed by atoms with Gasteiger partial charge in [-0.1, -0.05) is 28.9 Å². The molecule has 120 valence electrons. The first-order valence-corrected chi connectivity index (χ1v) is 9.94. The van der Waals surface area contributed by atoms with E-state index in [0.29, 0.717) is 12.1 Å². The van der Waals surface area contributed by atoms with Crippen molar-refractivity contribution in [3.8, 4) is 0 Å². The first-order chi connectivity index (χ1) is 10.0. The SMILES string of the molecule is CCCNC(C)c1ccc(Br)cc1N(C)C(C)CCSC. The van der Waals surface area contributed by atoms with Crippen LogP contribution in [0.2, 0.25) is 0 Å². The maximum Gasteiger partial charge on any atom is 0.0425 e. The summed E-state index contributed by atoms with van der Waals surface area (Å²) in [6.07, 6.45) is 4.55. The highest BCUT2D eigenvalue weighted by Crippen LogP contribution is 2.30. The van der Waals surface area contributed by atoms with Crippen LogP contribution >= 0.6 is 27.7 Å². The van der Waals surface area contributed by atoms with Crippen LogP contribution in [0.25, 0.3) is 0 Å². The molecule has 2 atom stereocenters. The largest absolute Gasteiger partial charge is 0.372 e. The Morgan fingerprint density at radius 3 is 2.67 bits per heavy atom. The summed E-state index contributed by atoms with van der Waals surface area (Å²) in [5.41, 5.74) is 2.71. The van der Waals surface area contributed by atoms with E-state index in [1.807, 2.05) is 11.8 Å². The average molecular weight is 373 g/mol. The molecule has 0 spiro atoms. The molecule has 4 heteroatoms. The highest BCUT2D eigenvalue weighted by atomic mass is 79.9. The number of hydrogen-bond donors (Lipinski definition) is 1. The highest BCUT2D eigenvalue weighted by molar-refractivity contribution is 9.10. The van der Waals surface area contributed by atoms with Gasteiger partial charge in [0.05, 0.1) is 0 Å². The number of benzene rings is 1. The van der Waals surface area contributed by atoms with Crippen LogP contribution in [0.3, 0.4) is 0 Å². The summed E-state index contributed by atoms with van der Waals surface area (Å²) in [6, 6.07) is 7.55. The van der Waals surface area contributed by atoms with Crippen LogP contribution in [-0.2, 0) is 0 Å². The number of nitrogens with one attached hydrogen (secondary N) is 1. The first kappa shape index (κ1) is 18.9. The van der Waals surface area contributed by atoms with Gasteiger partial charge in [0.15, 0.2) is 0 Å². The molecule has 2 unspecified atom stereocenters. The summed E-state index contributed by atoms with van der Waals surface area (Å²) in [7, 11) is 2.21. The molecule has 0 amide bonds. The molecular weight excluding hydrogens is 344 g/mol. The lowest BCUT2D eigenvalue weighted by Crippen LogP contribution is -2.31. The molecule has 2 nitrogen and oxygen atoms in total. The lowest BCUT2D eigenvalue weighted by atomic mass is 10.0. The van der Waals surface area contributed by atoms with Crippen molar-refractivity contribution in [1.29, 1.82) is 0 Å². The van der Waals surface area contributed by atoms with Crippen molar-refractivity contribution in [3.05, 3.63) is 28.2 Å². The molecule has 0 heterocycles. The van der Waals surface area contributed by atoms with Crippen LogP contribution in [0, 0.1) is 0 Å². The number of anilines is 1. The van der Waals surface area contributed by atoms with Crippen molar-refractivity contribution in [3.63, 3.8) is 0 Å². The summed E-state index contributed by atoms with van der Waals surface area (Å²) in [5, 5.41) is 3.60. The van der Waals surface area contributed by atoms with E-state index in [1.54, 1.807) is 0 Å². The van der Waals surface area contributed by atoms with Crippen molar-refractivity contribution >= 4 is 33.4 Å². The minimum Gasteiger partial charge on any atom is -0.372 e. The normalized spacial score (nSPS) is 14.0. The highest BCUT2D eigenvalue weighted by Gasteiger charge is 2.17. The Kier molecular flexibility index (Phi) is 8.76. The summed E-state index contributed by atoms with van der Waals surface area (Å²) in [5.74, 6) is 1.21. The third-order valence-corrected chi connectivity index (χ3v) is 5.08. The Hall–Kier alpha value is -0.190. The monoisotopic (exact) mass is 372 g/mol. The maximum atomic E-state index is 3.62. The Labute approximate surface area is 143 Å². The van der Waals surface area contributed by atoms with Crippen LogP contribution in [0.5, 0.6) is 0 Å². The van der Waals surface area contributed by atoms with Gasteiger partial charge in [-0.25, -0.2) is 0 Å². The van der Waals surface area contributed by atoms with Gasteiger partial charge in [-0.05, 0) is 62.9 Å². The van der Waals surface area contributed by atoms with Crippen molar-refractivity contribution < 1.29 is 0 Å². The Bertz CT molecular complexity index is 425. The van der Waals surface area contributed by atoms with Gasteiger partial charge in [0.25, 0.3) is 0 Å². The van der Waals surface area contributed by atoms with Gasteiger partial charge >= 0.3 is 0 Å². The van der Waals surface area contributed by atoms with E-state index in [0.717, 1.165) is 17.4 Å². The molecule has 0 aliphatic rings. The van der Waals surface area contributed by atoms with Crippen LogP contribution in [0.15, 0.2) is 22.7 Å². The van der Waals surface area contributed by atoms with Gasteiger partial charge in [0, 0.05) is 29.3 Å². The molecule has 0 saturated heterocycles. The van der Waals surface area contributed by atoms with Crippen LogP contribution < -0.4 is 10.2 Å². The fraction of sp³-hybridized carbons (Fsp3) is 0.647. The predicted molar refractivity (Wildman–Crippen MR) is 102 cm³/mol. The van der Waals surface area contributed by atoms with Crippen molar-refractivity contribution in [2.75, 3.05) is 30.5 Å². The van der Waals surface area contributed by atoms with Crippen LogP contribution in [0.4, 0.5) is 5.69 Å². The second-order valence-electron chi connectivity index (χ2n) is 5.62. The van der Waals surface area contributed by atoms with Gasteiger partial charge in [-0.3, -0.25) is 0 Å². The molecule has 0 bridgehead atoms. The van der Waals surface area contributed by atoms with E-state index in [2.05, 4.69) is 78.4 Å². The molecule has 1 N–H and O–H groups in total. The van der Waals surface area contributed by atoms with E-state index < -0.39 is 0 Å². The number of rotatable bonds is 9. The topological polar surface area (TPSA) is 15.3 Å². The fourth-order valence-electron chi connectivity index (χ4n) is 2.38. The zero-order valence-electron chi connectivity index (χ0n) is 13.9. The summed E-state index contributed by atoms with van der Waals surface area (Å²) < 4.78 is 1.15. The lowest BCUT2D eigenvalue weighted by molar-refractivity contribution is 0.566. The lowest BCUT2D eigenvalue weighted by Gasteiger charge is -2.31. The minimum absolute atomic E-state index is 0.378. The smallest absolute Gasteiger partial charge is 0.0425 e. The molecular formula is C17H29BrN2S. The zero-order chi connectivity index (χ0) is 15.8.